The SMILES string of the molecule is CC(C)OP(=O)([O-])O.CCCCCCCCCCCCC[N+](C)(C)CCO. The van der Waals surface area contributed by atoms with Crippen molar-refractivity contribution in [2.24, 2.45) is 0 Å². The molecule has 6 nitrogen and oxygen atoms in total. The van der Waals surface area contributed by atoms with Crippen molar-refractivity contribution in [2.75, 3.05) is 33.8 Å². The van der Waals surface area contributed by atoms with Crippen LogP contribution < -0.4 is 4.89 Å². The van der Waals surface area contributed by atoms with Gasteiger partial charge in [0.2, 0.25) is 0 Å². The van der Waals surface area contributed by atoms with E-state index < -0.39 is 13.9 Å². The summed E-state index contributed by atoms with van der Waals surface area (Å²) < 4.78 is 14.8. The van der Waals surface area contributed by atoms with Gasteiger partial charge in [0.05, 0.1) is 33.4 Å². The molecule has 0 aromatic rings. The summed E-state index contributed by atoms with van der Waals surface area (Å²) in [6.45, 7) is 7.71. The average Bonchev–Trinajstić information content (AvgIpc) is 2.50. The van der Waals surface area contributed by atoms with E-state index >= 15 is 0 Å². The first kappa shape index (κ1) is 29.2. The molecule has 0 radical (unpaired) electrons. The van der Waals surface area contributed by atoms with Crippen LogP contribution in [0, 0.1) is 0 Å². The summed E-state index contributed by atoms with van der Waals surface area (Å²) in [7, 11) is -0.0422. The van der Waals surface area contributed by atoms with Crippen molar-refractivity contribution in [3.05, 3.63) is 0 Å². The normalized spacial score (nSPS) is 14.0. The van der Waals surface area contributed by atoms with Crippen LogP contribution in [0.4, 0.5) is 0 Å². The Morgan fingerprint density at radius 3 is 1.59 bits per heavy atom. The Kier molecular flexibility index (Phi) is 19.6. The van der Waals surface area contributed by atoms with Gasteiger partial charge in [0.1, 0.15) is 6.54 Å². The van der Waals surface area contributed by atoms with Crippen LogP contribution in [0.25, 0.3) is 0 Å². The zero-order valence-corrected chi connectivity index (χ0v) is 19.4. The van der Waals surface area contributed by atoms with Crippen molar-refractivity contribution in [3.8, 4) is 0 Å². The van der Waals surface area contributed by atoms with E-state index in [4.69, 9.17) is 10.00 Å². The van der Waals surface area contributed by atoms with Gasteiger partial charge in [-0.2, -0.15) is 0 Å². The third-order valence-electron chi connectivity index (χ3n) is 4.42. The largest absolute Gasteiger partial charge is 0.756 e. The number of rotatable bonds is 16. The first-order chi connectivity index (χ1) is 12.5. The lowest BCUT2D eigenvalue weighted by atomic mass is 10.1. The molecule has 1 atom stereocenters. The Labute approximate surface area is 168 Å². The van der Waals surface area contributed by atoms with Crippen molar-refractivity contribution >= 4 is 7.82 Å². The maximum atomic E-state index is 9.80. The van der Waals surface area contributed by atoms with E-state index in [0.717, 1.165) is 11.0 Å². The van der Waals surface area contributed by atoms with Crippen LogP contribution in [0.2, 0.25) is 0 Å². The number of likely N-dealkylation sites (N-methyl/N-ethyl adjacent to an activating group) is 1. The van der Waals surface area contributed by atoms with E-state index in [-0.39, 0.29) is 0 Å². The molecule has 0 saturated carbocycles. The molecule has 0 rings (SSSR count). The van der Waals surface area contributed by atoms with Gasteiger partial charge in [-0.1, -0.05) is 64.7 Å². The molecular weight excluding hydrogens is 365 g/mol. The first-order valence-electron chi connectivity index (χ1n) is 10.7. The van der Waals surface area contributed by atoms with Gasteiger partial charge in [-0.25, -0.2) is 0 Å². The third kappa shape index (κ3) is 28.3. The fourth-order valence-corrected chi connectivity index (χ4v) is 3.39. The van der Waals surface area contributed by atoms with E-state index in [9.17, 15) is 9.46 Å². The summed E-state index contributed by atoms with van der Waals surface area (Å²) in [6, 6.07) is 0. The fourth-order valence-electron chi connectivity index (χ4n) is 2.85. The molecule has 0 amide bonds. The Morgan fingerprint density at radius 1 is 0.889 bits per heavy atom. The quantitative estimate of drug-likeness (QED) is 0.225. The molecule has 0 aliphatic heterocycles. The Balaban J connectivity index is 0. The van der Waals surface area contributed by atoms with Crippen molar-refractivity contribution in [1.29, 1.82) is 0 Å². The number of unbranched alkanes of at least 4 members (excludes halogenated alkanes) is 10. The highest BCUT2D eigenvalue weighted by Crippen LogP contribution is 2.31. The summed E-state index contributed by atoms with van der Waals surface area (Å²) in [4.78, 5) is 17.8. The van der Waals surface area contributed by atoms with Gasteiger partial charge >= 0.3 is 0 Å². The molecular formula is C20H46NO5P. The molecule has 0 spiro atoms. The van der Waals surface area contributed by atoms with E-state index in [0.29, 0.717) is 6.61 Å². The monoisotopic (exact) mass is 411 g/mol. The van der Waals surface area contributed by atoms with Gasteiger partial charge in [-0.3, -0.25) is 4.57 Å². The number of aliphatic hydroxyl groups is 1. The zero-order valence-electron chi connectivity index (χ0n) is 18.5. The molecule has 166 valence electrons. The third-order valence-corrected chi connectivity index (χ3v) is 5.10. The highest BCUT2D eigenvalue weighted by molar-refractivity contribution is 7.44. The molecule has 7 heteroatoms. The minimum absolute atomic E-state index is 0.311. The molecule has 2 N–H and O–H groups in total. The highest BCUT2D eigenvalue weighted by atomic mass is 31.2. The second kappa shape index (κ2) is 18.1. The summed E-state index contributed by atoms with van der Waals surface area (Å²) in [5.41, 5.74) is 0. The number of hydrogen-bond donors (Lipinski definition) is 2. The lowest BCUT2D eigenvalue weighted by Gasteiger charge is -2.28. The van der Waals surface area contributed by atoms with Crippen molar-refractivity contribution in [1.82, 2.24) is 0 Å². The van der Waals surface area contributed by atoms with Crippen LogP contribution in [0.15, 0.2) is 0 Å². The summed E-state index contributed by atoms with van der Waals surface area (Å²) >= 11 is 0. The molecule has 0 aliphatic rings. The summed E-state index contributed by atoms with van der Waals surface area (Å²) in [5, 5.41) is 8.96. The fraction of sp³-hybridized carbons (Fsp3) is 1.00. The van der Waals surface area contributed by atoms with Gasteiger partial charge in [-0.15, -0.1) is 0 Å². The van der Waals surface area contributed by atoms with Gasteiger partial charge in [0.15, 0.2) is 0 Å². The number of phosphoric acid groups is 1. The number of nitrogens with zero attached hydrogens (tertiary/aromatic N) is 1. The molecule has 0 fully saturated rings. The van der Waals surface area contributed by atoms with Gasteiger partial charge in [0.25, 0.3) is 7.82 Å². The van der Waals surface area contributed by atoms with E-state index in [1.165, 1.54) is 91.0 Å². The van der Waals surface area contributed by atoms with Crippen molar-refractivity contribution in [2.45, 2.75) is 97.5 Å². The second-order valence-electron chi connectivity index (χ2n) is 8.26. The van der Waals surface area contributed by atoms with Gasteiger partial charge in [0, 0.05) is 0 Å². The van der Waals surface area contributed by atoms with Crippen LogP contribution in [-0.2, 0) is 9.09 Å². The number of phosphoric ester groups is 1. The molecule has 0 saturated heterocycles. The smallest absolute Gasteiger partial charge is 0.265 e. The molecule has 0 heterocycles. The molecule has 0 bridgehead atoms. The number of hydrogen-bond acceptors (Lipinski definition) is 4. The average molecular weight is 412 g/mol. The van der Waals surface area contributed by atoms with Crippen molar-refractivity contribution < 1.29 is 28.5 Å². The highest BCUT2D eigenvalue weighted by Gasteiger charge is 2.12. The maximum absolute atomic E-state index is 9.80. The van der Waals surface area contributed by atoms with Gasteiger partial charge in [-0.05, 0) is 26.7 Å². The van der Waals surface area contributed by atoms with Crippen LogP contribution in [0.5, 0.6) is 0 Å². The second-order valence-corrected chi connectivity index (χ2v) is 9.41. The lowest BCUT2D eigenvalue weighted by molar-refractivity contribution is -0.890. The molecule has 0 aliphatic carbocycles. The van der Waals surface area contributed by atoms with Crippen LogP contribution in [-0.4, -0.2) is 54.4 Å². The Bertz CT molecular complexity index is 358. The number of quaternary nitrogens is 1. The predicted molar refractivity (Wildman–Crippen MR) is 111 cm³/mol. The summed E-state index contributed by atoms with van der Waals surface area (Å²) in [5.74, 6) is 0. The Morgan fingerprint density at radius 2 is 1.30 bits per heavy atom. The topological polar surface area (TPSA) is 89.8 Å². The van der Waals surface area contributed by atoms with E-state index in [1.54, 1.807) is 0 Å². The minimum Gasteiger partial charge on any atom is -0.756 e. The van der Waals surface area contributed by atoms with Crippen LogP contribution >= 0.6 is 7.82 Å². The van der Waals surface area contributed by atoms with Crippen molar-refractivity contribution in [3.63, 3.8) is 0 Å². The van der Waals surface area contributed by atoms with E-state index in [2.05, 4.69) is 25.5 Å². The zero-order chi connectivity index (χ0) is 21.2. The van der Waals surface area contributed by atoms with Crippen LogP contribution in [0.3, 0.4) is 0 Å². The standard InChI is InChI=1S/C17H38NO.C3H9O4P/c1-4-5-6-7-8-9-10-11-12-13-14-15-18(2,3)16-17-19;1-3(2)7-8(4,5)6/h19H,4-17H2,1-3H3;3H,1-2H3,(H2,4,5,6)/q+1;/p-1. The van der Waals surface area contributed by atoms with E-state index in [1.807, 2.05) is 0 Å². The maximum Gasteiger partial charge on any atom is 0.265 e. The van der Waals surface area contributed by atoms with Gasteiger partial charge < -0.3 is 23.9 Å². The van der Waals surface area contributed by atoms with Crippen LogP contribution in [0.1, 0.15) is 91.4 Å². The Hall–Kier alpha value is 0.0300. The predicted octanol–water partition coefficient (Wildman–Crippen LogP) is 4.24. The molecule has 0 aromatic heterocycles. The molecule has 27 heavy (non-hydrogen) atoms. The lowest BCUT2D eigenvalue weighted by Crippen LogP contribution is -2.42. The minimum atomic E-state index is -4.47. The summed E-state index contributed by atoms with van der Waals surface area (Å²) in [6.07, 6.45) is 15.0. The molecule has 0 aromatic carbocycles. The molecule has 1 unspecified atom stereocenters. The first-order valence-corrected chi connectivity index (χ1v) is 12.2. The number of aliphatic hydroxyl groups excluding tert-OH is 1.